The molecule has 0 saturated heterocycles. The molecule has 0 atom stereocenters. The van der Waals surface area contributed by atoms with Crippen molar-refractivity contribution in [1.82, 2.24) is 14.8 Å². The van der Waals surface area contributed by atoms with Crippen molar-refractivity contribution in [1.29, 1.82) is 0 Å². The largest absolute Gasteiger partial charge is 0.212 e. The molecule has 28 heavy (non-hydrogen) atoms. The van der Waals surface area contributed by atoms with E-state index in [0.29, 0.717) is 0 Å². The van der Waals surface area contributed by atoms with Gasteiger partial charge in [0.05, 0.1) is 5.69 Å². The zero-order valence-electron chi connectivity index (χ0n) is 17.1. The second-order valence-electron chi connectivity index (χ2n) is 7.66. The second-order valence-corrected chi connectivity index (χ2v) is 7.66. The van der Waals surface area contributed by atoms with Crippen LogP contribution in [0.1, 0.15) is 27.8 Å². The van der Waals surface area contributed by atoms with Gasteiger partial charge in [-0.3, -0.25) is 0 Å². The van der Waals surface area contributed by atoms with Gasteiger partial charge in [0, 0.05) is 11.1 Å². The summed E-state index contributed by atoms with van der Waals surface area (Å²) in [6.07, 6.45) is 0. The fraction of sp³-hybridized carbons (Fsp3) is 0.200. The molecule has 140 valence electrons. The highest BCUT2D eigenvalue weighted by Crippen LogP contribution is 2.29. The predicted octanol–water partition coefficient (Wildman–Crippen LogP) is 6.14. The van der Waals surface area contributed by atoms with Gasteiger partial charge >= 0.3 is 0 Å². The lowest BCUT2D eigenvalue weighted by Gasteiger charge is -2.13. The maximum Gasteiger partial charge on any atom is 0.182 e. The molecule has 0 spiro atoms. The predicted molar refractivity (Wildman–Crippen MR) is 116 cm³/mol. The fourth-order valence-electron chi connectivity index (χ4n) is 3.97. The third-order valence-corrected chi connectivity index (χ3v) is 4.97. The van der Waals surface area contributed by atoms with Gasteiger partial charge in [-0.05, 0) is 57.9 Å². The summed E-state index contributed by atoms with van der Waals surface area (Å²) in [5.74, 6) is 1.62. The summed E-state index contributed by atoms with van der Waals surface area (Å²) in [5.41, 5.74) is 9.31. The molecule has 3 heteroatoms. The van der Waals surface area contributed by atoms with Crippen molar-refractivity contribution in [2.75, 3.05) is 0 Å². The molecule has 0 bridgehead atoms. The minimum absolute atomic E-state index is 0.755. The van der Waals surface area contributed by atoms with E-state index in [9.17, 15) is 0 Å². The first-order valence-electron chi connectivity index (χ1n) is 9.62. The fourth-order valence-corrected chi connectivity index (χ4v) is 3.97. The number of benzene rings is 3. The highest BCUT2D eigenvalue weighted by molar-refractivity contribution is 5.66. The Hall–Kier alpha value is -3.20. The Kier molecular flexibility index (Phi) is 4.60. The minimum Gasteiger partial charge on any atom is -0.212 e. The SMILES string of the molecule is Cc1cc(C)cc(-c2nc(-c3ccccc3)n(-c3c(C)cc(C)cc3C)n2)c1. The maximum absolute atomic E-state index is 4.97. The first kappa shape index (κ1) is 18.2. The third kappa shape index (κ3) is 3.36. The van der Waals surface area contributed by atoms with Gasteiger partial charge in [0.1, 0.15) is 0 Å². The minimum atomic E-state index is 0.755. The summed E-state index contributed by atoms with van der Waals surface area (Å²) in [5, 5.41) is 4.97. The lowest BCUT2D eigenvalue weighted by Crippen LogP contribution is -2.05. The van der Waals surface area contributed by atoms with Crippen LogP contribution in [0.3, 0.4) is 0 Å². The van der Waals surface area contributed by atoms with Gasteiger partial charge in [0.2, 0.25) is 0 Å². The van der Waals surface area contributed by atoms with Crippen LogP contribution in [0.25, 0.3) is 28.5 Å². The number of aryl methyl sites for hydroxylation is 5. The first-order chi connectivity index (χ1) is 13.4. The molecule has 0 N–H and O–H groups in total. The molecular weight excluding hydrogens is 342 g/mol. The van der Waals surface area contributed by atoms with E-state index in [0.717, 1.165) is 28.5 Å². The summed E-state index contributed by atoms with van der Waals surface area (Å²) in [6, 6.07) is 21.2. The van der Waals surface area contributed by atoms with Crippen LogP contribution in [-0.2, 0) is 0 Å². The molecule has 1 aromatic heterocycles. The molecule has 0 amide bonds. The van der Waals surface area contributed by atoms with Crippen LogP contribution in [-0.4, -0.2) is 14.8 Å². The highest BCUT2D eigenvalue weighted by Gasteiger charge is 2.18. The first-order valence-corrected chi connectivity index (χ1v) is 9.62. The maximum atomic E-state index is 4.97. The number of hydrogen-bond acceptors (Lipinski definition) is 2. The van der Waals surface area contributed by atoms with Gasteiger partial charge in [-0.15, -0.1) is 5.10 Å². The van der Waals surface area contributed by atoms with Gasteiger partial charge in [-0.2, -0.15) is 0 Å². The van der Waals surface area contributed by atoms with Crippen LogP contribution in [0.4, 0.5) is 0 Å². The third-order valence-electron chi connectivity index (χ3n) is 4.97. The molecule has 0 unspecified atom stereocenters. The summed E-state index contributed by atoms with van der Waals surface area (Å²) >= 11 is 0. The Morgan fingerprint density at radius 2 is 1.21 bits per heavy atom. The van der Waals surface area contributed by atoms with Gasteiger partial charge in [-0.25, -0.2) is 9.67 Å². The summed E-state index contributed by atoms with van der Waals surface area (Å²) in [4.78, 5) is 4.97. The van der Waals surface area contributed by atoms with E-state index in [1.807, 2.05) is 22.9 Å². The number of hydrogen-bond donors (Lipinski definition) is 0. The Morgan fingerprint density at radius 3 is 1.82 bits per heavy atom. The van der Waals surface area contributed by atoms with E-state index in [2.05, 4.69) is 77.1 Å². The van der Waals surface area contributed by atoms with Crippen molar-refractivity contribution in [3.05, 3.63) is 88.5 Å². The summed E-state index contributed by atoms with van der Waals surface area (Å²) in [6.45, 7) is 10.6. The zero-order valence-corrected chi connectivity index (χ0v) is 17.1. The number of aromatic nitrogens is 3. The average molecular weight is 367 g/mol. The van der Waals surface area contributed by atoms with Crippen LogP contribution in [0.15, 0.2) is 60.7 Å². The van der Waals surface area contributed by atoms with Crippen LogP contribution >= 0.6 is 0 Å². The molecule has 0 aliphatic carbocycles. The Morgan fingerprint density at radius 1 is 0.643 bits per heavy atom. The van der Waals surface area contributed by atoms with Crippen molar-refractivity contribution >= 4 is 0 Å². The highest BCUT2D eigenvalue weighted by atomic mass is 15.4. The molecule has 4 rings (SSSR count). The molecule has 0 aliphatic rings. The Bertz CT molecular complexity index is 1110. The van der Waals surface area contributed by atoms with Crippen molar-refractivity contribution in [3.8, 4) is 28.5 Å². The van der Waals surface area contributed by atoms with Gasteiger partial charge in [0.25, 0.3) is 0 Å². The monoisotopic (exact) mass is 367 g/mol. The molecule has 1 heterocycles. The lowest BCUT2D eigenvalue weighted by atomic mass is 10.0. The summed E-state index contributed by atoms with van der Waals surface area (Å²) in [7, 11) is 0. The standard InChI is InChI=1S/C25H25N3/c1-16-11-17(2)15-22(14-16)24-26-25(21-9-7-6-8-10-21)28(27-24)23-19(4)12-18(3)13-20(23)5/h6-15H,1-5H3. The Labute approximate surface area is 166 Å². The van der Waals surface area contributed by atoms with Gasteiger partial charge in [0.15, 0.2) is 11.6 Å². The van der Waals surface area contributed by atoms with Gasteiger partial charge in [-0.1, -0.05) is 65.2 Å². The smallest absolute Gasteiger partial charge is 0.182 e. The lowest BCUT2D eigenvalue weighted by molar-refractivity contribution is 0.873. The van der Waals surface area contributed by atoms with E-state index < -0.39 is 0 Å². The van der Waals surface area contributed by atoms with Crippen LogP contribution in [0.2, 0.25) is 0 Å². The van der Waals surface area contributed by atoms with Crippen molar-refractivity contribution < 1.29 is 0 Å². The van der Waals surface area contributed by atoms with Gasteiger partial charge < -0.3 is 0 Å². The van der Waals surface area contributed by atoms with E-state index in [1.54, 1.807) is 0 Å². The van der Waals surface area contributed by atoms with E-state index >= 15 is 0 Å². The van der Waals surface area contributed by atoms with Crippen LogP contribution in [0, 0.1) is 34.6 Å². The quantitative estimate of drug-likeness (QED) is 0.435. The topological polar surface area (TPSA) is 30.7 Å². The number of nitrogens with zero attached hydrogens (tertiary/aromatic N) is 3. The second kappa shape index (κ2) is 7.08. The molecule has 0 saturated carbocycles. The molecular formula is C25H25N3. The van der Waals surface area contributed by atoms with E-state index in [1.165, 1.54) is 27.8 Å². The molecule has 3 aromatic carbocycles. The Balaban J connectivity index is 1.99. The van der Waals surface area contributed by atoms with Crippen molar-refractivity contribution in [3.63, 3.8) is 0 Å². The zero-order chi connectivity index (χ0) is 19.8. The van der Waals surface area contributed by atoms with Crippen molar-refractivity contribution in [2.24, 2.45) is 0 Å². The van der Waals surface area contributed by atoms with E-state index in [-0.39, 0.29) is 0 Å². The summed E-state index contributed by atoms with van der Waals surface area (Å²) < 4.78 is 2.01. The molecule has 4 aromatic rings. The normalized spacial score (nSPS) is 11.0. The number of rotatable bonds is 3. The molecule has 0 fully saturated rings. The van der Waals surface area contributed by atoms with Crippen LogP contribution < -0.4 is 0 Å². The van der Waals surface area contributed by atoms with Crippen LogP contribution in [0.5, 0.6) is 0 Å². The molecule has 3 nitrogen and oxygen atoms in total. The molecule has 0 radical (unpaired) electrons. The average Bonchev–Trinajstić information content (AvgIpc) is 3.06. The molecule has 0 aliphatic heterocycles. The van der Waals surface area contributed by atoms with E-state index in [4.69, 9.17) is 10.1 Å². The van der Waals surface area contributed by atoms with Crippen molar-refractivity contribution in [2.45, 2.75) is 34.6 Å².